The van der Waals surface area contributed by atoms with Crippen molar-refractivity contribution in [2.24, 2.45) is 0 Å². The molecule has 0 aliphatic carbocycles. The van der Waals surface area contributed by atoms with E-state index in [0.717, 1.165) is 10.8 Å². The van der Waals surface area contributed by atoms with E-state index in [9.17, 15) is 10.2 Å². The predicted octanol–water partition coefficient (Wildman–Crippen LogP) is 2.30. The molecule has 0 saturated carbocycles. The summed E-state index contributed by atoms with van der Waals surface area (Å²) in [5, 5.41) is 21.5. The van der Waals surface area contributed by atoms with Crippen molar-refractivity contribution in [1.82, 2.24) is 9.97 Å². The Labute approximate surface area is 198 Å². The first-order valence-electron chi connectivity index (χ1n) is 7.02. The van der Waals surface area contributed by atoms with Crippen molar-refractivity contribution in [1.29, 1.82) is 0 Å². The normalized spacial score (nSPS) is 10.0. The van der Waals surface area contributed by atoms with Crippen LogP contribution < -0.4 is 51.4 Å². The Morgan fingerprint density at radius 3 is 1.44 bits per heavy atom. The van der Waals surface area contributed by atoms with Gasteiger partial charge in [-0.1, -0.05) is 23.2 Å². The van der Waals surface area contributed by atoms with E-state index in [1.165, 1.54) is 12.1 Å². The van der Waals surface area contributed by atoms with Gasteiger partial charge in [-0.05, 0) is 48.5 Å². The maximum atomic E-state index is 9.37. The number of rotatable bonds is 0. The van der Waals surface area contributed by atoms with Gasteiger partial charge in [0.05, 0.1) is 10.0 Å². The van der Waals surface area contributed by atoms with Crippen LogP contribution in [0.25, 0.3) is 21.8 Å². The van der Waals surface area contributed by atoms with Crippen molar-refractivity contribution in [2.45, 2.75) is 0 Å². The molecule has 0 amide bonds. The van der Waals surface area contributed by atoms with E-state index in [0.29, 0.717) is 21.1 Å². The summed E-state index contributed by atoms with van der Waals surface area (Å²) in [6.07, 6.45) is 3.25. The minimum Gasteiger partial charge on any atom is -1.00 e. The van der Waals surface area contributed by atoms with Crippen LogP contribution >= 0.6 is 23.2 Å². The van der Waals surface area contributed by atoms with Gasteiger partial charge < -0.3 is 11.6 Å². The fraction of sp³-hybridized carbons (Fsp3) is 0. The zero-order chi connectivity index (χ0) is 17.1. The zero-order valence-electron chi connectivity index (χ0n) is 14.3. The van der Waals surface area contributed by atoms with Crippen LogP contribution in [0.1, 0.15) is 1.43 Å². The number of phenols is 2. The third-order valence-corrected chi connectivity index (χ3v) is 4.05. The van der Waals surface area contributed by atoms with Gasteiger partial charge in [-0.3, -0.25) is 9.97 Å². The summed E-state index contributed by atoms with van der Waals surface area (Å²) >= 11 is 11.8. The maximum Gasteiger partial charge on any atom is 1.00 e. The fourth-order valence-corrected chi connectivity index (χ4v) is 2.68. The second kappa shape index (κ2) is 9.14. The molecule has 4 nitrogen and oxygen atoms in total. The number of hydrogen-bond acceptors (Lipinski definition) is 4. The average Bonchev–Trinajstić information content (AvgIpc) is 2.63. The number of nitrogens with zero attached hydrogens (tertiary/aromatic N) is 2. The molecule has 4 aromatic rings. The number of fused-ring (bicyclic) bond motifs is 2. The Bertz CT molecular complexity index is 870. The fourth-order valence-electron chi connectivity index (χ4n) is 2.25. The molecule has 0 radical (unpaired) electrons. The first kappa shape index (κ1) is 20.4. The molecular formula is C18H13Cl2KN2O2. The molecule has 0 bridgehead atoms. The second-order valence-corrected chi connectivity index (χ2v) is 5.75. The van der Waals surface area contributed by atoms with Gasteiger partial charge in [0.15, 0.2) is 0 Å². The van der Waals surface area contributed by atoms with Crippen molar-refractivity contribution in [3.05, 3.63) is 71.0 Å². The summed E-state index contributed by atoms with van der Waals surface area (Å²) in [4.78, 5) is 8.01. The Balaban J connectivity index is 0.000000241. The van der Waals surface area contributed by atoms with E-state index < -0.39 is 0 Å². The van der Waals surface area contributed by atoms with E-state index in [4.69, 9.17) is 23.2 Å². The summed E-state index contributed by atoms with van der Waals surface area (Å²) in [7, 11) is 0. The van der Waals surface area contributed by atoms with E-state index in [2.05, 4.69) is 9.97 Å². The number of aromatic hydroxyl groups is 2. The molecule has 0 unspecified atom stereocenters. The topological polar surface area (TPSA) is 66.2 Å². The first-order valence-corrected chi connectivity index (χ1v) is 7.78. The van der Waals surface area contributed by atoms with E-state index in [1.807, 2.05) is 12.1 Å². The van der Waals surface area contributed by atoms with Crippen molar-refractivity contribution < 1.29 is 63.0 Å². The number of aromatic nitrogens is 2. The van der Waals surface area contributed by atoms with Crippen molar-refractivity contribution in [2.75, 3.05) is 0 Å². The molecule has 0 saturated heterocycles. The molecule has 0 fully saturated rings. The van der Waals surface area contributed by atoms with Gasteiger partial charge in [0.1, 0.15) is 22.5 Å². The molecule has 25 heavy (non-hydrogen) atoms. The molecule has 122 valence electrons. The Kier molecular flexibility index (Phi) is 7.46. The second-order valence-electron chi connectivity index (χ2n) is 4.93. The summed E-state index contributed by atoms with van der Waals surface area (Å²) in [6.45, 7) is 0. The zero-order valence-corrected chi connectivity index (χ0v) is 18.0. The van der Waals surface area contributed by atoms with Gasteiger partial charge >= 0.3 is 51.4 Å². The van der Waals surface area contributed by atoms with Crippen molar-refractivity contribution in [3.63, 3.8) is 0 Å². The third-order valence-electron chi connectivity index (χ3n) is 3.39. The molecule has 0 aliphatic heterocycles. The van der Waals surface area contributed by atoms with E-state index in [1.54, 1.807) is 36.7 Å². The molecule has 2 aromatic heterocycles. The quantitative estimate of drug-likeness (QED) is 0.446. The summed E-state index contributed by atoms with van der Waals surface area (Å²) in [5.74, 6) is 0.324. The number of benzene rings is 2. The van der Waals surface area contributed by atoms with E-state index >= 15 is 0 Å². The summed E-state index contributed by atoms with van der Waals surface area (Å²) in [6, 6.07) is 13.6. The Morgan fingerprint density at radius 1 is 0.680 bits per heavy atom. The van der Waals surface area contributed by atoms with Crippen LogP contribution in [0.5, 0.6) is 11.5 Å². The molecule has 2 heterocycles. The predicted molar refractivity (Wildman–Crippen MR) is 97.9 cm³/mol. The maximum absolute atomic E-state index is 9.37. The Hall–Kier alpha value is -0.924. The monoisotopic (exact) mass is 398 g/mol. The van der Waals surface area contributed by atoms with Gasteiger partial charge in [-0.25, -0.2) is 0 Å². The van der Waals surface area contributed by atoms with Gasteiger partial charge in [0, 0.05) is 23.2 Å². The average molecular weight is 399 g/mol. The standard InChI is InChI=1S/2C9H6ClNO.K.H/c2*10-7-3-4-8(12)9-6(7)2-1-5-11-9;;/h2*1-5,12H;;/q;;+1;-1. The molecule has 2 N–H and O–H groups in total. The summed E-state index contributed by atoms with van der Waals surface area (Å²) in [5.41, 5.74) is 1.09. The molecule has 0 spiro atoms. The summed E-state index contributed by atoms with van der Waals surface area (Å²) < 4.78 is 0. The van der Waals surface area contributed by atoms with Gasteiger partial charge in [-0.15, -0.1) is 0 Å². The van der Waals surface area contributed by atoms with Crippen LogP contribution in [0, 0.1) is 0 Å². The van der Waals surface area contributed by atoms with Crippen LogP contribution in [0.2, 0.25) is 10.0 Å². The molecular weight excluding hydrogens is 386 g/mol. The van der Waals surface area contributed by atoms with Crippen LogP contribution in [0.4, 0.5) is 0 Å². The van der Waals surface area contributed by atoms with Gasteiger partial charge in [-0.2, -0.15) is 0 Å². The molecule has 4 rings (SSSR count). The third kappa shape index (κ3) is 4.63. The van der Waals surface area contributed by atoms with Gasteiger partial charge in [0.2, 0.25) is 0 Å². The molecule has 7 heteroatoms. The number of hydrogen-bond donors (Lipinski definition) is 2. The minimum atomic E-state index is 0. The Morgan fingerprint density at radius 2 is 1.08 bits per heavy atom. The smallest absolute Gasteiger partial charge is 1.00 e. The number of phenolic OH excluding ortho intramolecular Hbond substituents is 2. The SMILES string of the molecule is Oc1ccc(Cl)c2cccnc12.Oc1ccc(Cl)c2cccnc12.[H-].[K+]. The van der Waals surface area contributed by atoms with Crippen LogP contribution in [0.15, 0.2) is 60.9 Å². The largest absolute Gasteiger partial charge is 1.00 e. The number of halogens is 2. The van der Waals surface area contributed by atoms with E-state index in [-0.39, 0.29) is 64.3 Å². The van der Waals surface area contributed by atoms with Crippen LogP contribution in [-0.4, -0.2) is 20.2 Å². The molecule has 2 aromatic carbocycles. The molecule has 0 atom stereocenters. The first-order chi connectivity index (χ1) is 11.6. The van der Waals surface area contributed by atoms with Crippen LogP contribution in [0.3, 0.4) is 0 Å². The number of pyridine rings is 2. The van der Waals surface area contributed by atoms with Crippen molar-refractivity contribution in [3.8, 4) is 11.5 Å². The van der Waals surface area contributed by atoms with Crippen LogP contribution in [-0.2, 0) is 0 Å². The molecule has 0 aliphatic rings. The van der Waals surface area contributed by atoms with Crippen molar-refractivity contribution >= 4 is 45.0 Å². The minimum absolute atomic E-state index is 0. The van der Waals surface area contributed by atoms with Gasteiger partial charge in [0.25, 0.3) is 0 Å².